The Kier molecular flexibility index (Phi) is 5.51. The molecular weight excluding hydrogens is 316 g/mol. The summed E-state index contributed by atoms with van der Waals surface area (Å²) in [7, 11) is -4.02. The molecule has 0 spiro atoms. The molecular formula is C15H20N4O3S. The van der Waals surface area contributed by atoms with Gasteiger partial charge in [0.2, 0.25) is 0 Å². The third-order valence-corrected chi connectivity index (χ3v) is 4.06. The molecule has 1 fully saturated rings. The molecule has 0 bridgehead atoms. The molecule has 1 saturated carbocycles. The van der Waals surface area contributed by atoms with Crippen LogP contribution in [0.1, 0.15) is 18.4 Å². The second-order valence-electron chi connectivity index (χ2n) is 5.29. The molecule has 7 nitrogen and oxygen atoms in total. The topological polar surface area (TPSA) is 108 Å². The number of benzene rings is 1. The number of nitrogens with zero attached hydrogens (tertiary/aromatic N) is 3. The van der Waals surface area contributed by atoms with Gasteiger partial charge in [-0.05, 0) is 31.9 Å². The van der Waals surface area contributed by atoms with Crippen molar-refractivity contribution in [1.82, 2.24) is 4.90 Å². The molecule has 1 aliphatic heterocycles. The Morgan fingerprint density at radius 2 is 2.00 bits per heavy atom. The predicted molar refractivity (Wildman–Crippen MR) is 90.0 cm³/mol. The molecule has 1 aromatic rings. The highest BCUT2D eigenvalue weighted by Crippen LogP contribution is 2.23. The first kappa shape index (κ1) is 17.2. The van der Waals surface area contributed by atoms with E-state index < -0.39 is 10.1 Å². The van der Waals surface area contributed by atoms with Gasteiger partial charge in [-0.1, -0.05) is 17.7 Å². The number of nitrogens with two attached hydrogens (primary N) is 1. The minimum Gasteiger partial charge on any atom is -0.370 e. The van der Waals surface area contributed by atoms with Crippen LogP contribution in [0.4, 0.5) is 0 Å². The van der Waals surface area contributed by atoms with Gasteiger partial charge in [-0.15, -0.1) is 0 Å². The first-order valence-electron chi connectivity index (χ1n) is 7.18. The average molecular weight is 336 g/mol. The van der Waals surface area contributed by atoms with Crippen molar-refractivity contribution in [2.45, 2.75) is 30.7 Å². The van der Waals surface area contributed by atoms with E-state index in [1.807, 2.05) is 24.2 Å². The van der Waals surface area contributed by atoms with Crippen molar-refractivity contribution in [3.05, 3.63) is 42.2 Å². The van der Waals surface area contributed by atoms with E-state index in [1.165, 1.54) is 25.0 Å². The molecule has 8 heteroatoms. The van der Waals surface area contributed by atoms with Gasteiger partial charge in [0, 0.05) is 18.6 Å². The zero-order chi connectivity index (χ0) is 16.9. The summed E-state index contributed by atoms with van der Waals surface area (Å²) in [6.07, 6.45) is 7.76. The second kappa shape index (κ2) is 7.38. The van der Waals surface area contributed by atoms with E-state index >= 15 is 0 Å². The van der Waals surface area contributed by atoms with Crippen LogP contribution in [0.5, 0.6) is 0 Å². The first-order valence-corrected chi connectivity index (χ1v) is 8.62. The van der Waals surface area contributed by atoms with Crippen LogP contribution in [0.25, 0.3) is 0 Å². The number of aryl methyl sites for hydroxylation is 1. The largest absolute Gasteiger partial charge is 0.370 e. The van der Waals surface area contributed by atoms with Crippen molar-refractivity contribution in [3.8, 4) is 0 Å². The van der Waals surface area contributed by atoms with Gasteiger partial charge in [0.15, 0.2) is 5.96 Å². The van der Waals surface area contributed by atoms with Gasteiger partial charge < -0.3 is 10.6 Å². The number of hydrogen-bond donors (Lipinski definition) is 2. The van der Waals surface area contributed by atoms with Crippen molar-refractivity contribution in [3.63, 3.8) is 0 Å². The number of aliphatic imine (C=N–C) groups is 2. The highest BCUT2D eigenvalue weighted by Gasteiger charge is 2.21. The van der Waals surface area contributed by atoms with Crippen LogP contribution < -0.4 is 5.73 Å². The fourth-order valence-corrected chi connectivity index (χ4v) is 2.20. The Balaban J connectivity index is 0.000000168. The molecule has 1 heterocycles. The van der Waals surface area contributed by atoms with E-state index in [9.17, 15) is 8.42 Å². The predicted octanol–water partition coefficient (Wildman–Crippen LogP) is 1.56. The quantitative estimate of drug-likeness (QED) is 0.484. The summed E-state index contributed by atoms with van der Waals surface area (Å²) in [6, 6.07) is 6.47. The third kappa shape index (κ3) is 5.84. The Morgan fingerprint density at radius 3 is 2.48 bits per heavy atom. The zero-order valence-corrected chi connectivity index (χ0v) is 13.6. The van der Waals surface area contributed by atoms with E-state index in [-0.39, 0.29) is 4.90 Å². The van der Waals surface area contributed by atoms with Crippen molar-refractivity contribution < 1.29 is 13.0 Å². The lowest BCUT2D eigenvalue weighted by molar-refractivity contribution is 0.483. The third-order valence-electron chi connectivity index (χ3n) is 3.19. The molecule has 0 unspecified atom stereocenters. The van der Waals surface area contributed by atoms with Gasteiger partial charge in [-0.3, -0.25) is 9.55 Å². The molecule has 0 saturated heterocycles. The lowest BCUT2D eigenvalue weighted by atomic mass is 10.2. The molecule has 3 N–H and O–H groups in total. The number of hydrogen-bond acceptors (Lipinski definition) is 4. The van der Waals surface area contributed by atoms with E-state index in [2.05, 4.69) is 9.98 Å². The van der Waals surface area contributed by atoms with Crippen LogP contribution in [0.3, 0.4) is 0 Å². The summed E-state index contributed by atoms with van der Waals surface area (Å²) in [6.45, 7) is 2.58. The van der Waals surface area contributed by atoms with Gasteiger partial charge in [0.25, 0.3) is 10.1 Å². The van der Waals surface area contributed by atoms with Gasteiger partial charge in [-0.25, -0.2) is 4.99 Å². The molecule has 3 rings (SSSR count). The SMILES string of the molecule is Cc1ccc(S(=O)(=O)O)cc1.NC(=NC1CC1)N1C=CN=CC1. The molecule has 23 heavy (non-hydrogen) atoms. The van der Waals surface area contributed by atoms with Gasteiger partial charge in [-0.2, -0.15) is 8.42 Å². The lowest BCUT2D eigenvalue weighted by Gasteiger charge is -2.18. The molecule has 124 valence electrons. The Labute approximate surface area is 136 Å². The van der Waals surface area contributed by atoms with E-state index in [1.54, 1.807) is 18.3 Å². The molecule has 1 aliphatic carbocycles. The fraction of sp³-hybridized carbons (Fsp3) is 0.333. The summed E-state index contributed by atoms with van der Waals surface area (Å²) >= 11 is 0. The molecule has 0 amide bonds. The van der Waals surface area contributed by atoms with Crippen LogP contribution in [-0.2, 0) is 10.1 Å². The van der Waals surface area contributed by atoms with Crippen LogP contribution >= 0.6 is 0 Å². The maximum atomic E-state index is 10.5. The summed E-state index contributed by atoms with van der Waals surface area (Å²) in [5.41, 5.74) is 6.71. The number of guanidine groups is 1. The smallest absolute Gasteiger partial charge is 0.294 e. The normalized spacial score (nSPS) is 17.7. The Morgan fingerprint density at radius 1 is 1.35 bits per heavy atom. The van der Waals surface area contributed by atoms with Gasteiger partial charge >= 0.3 is 0 Å². The highest BCUT2D eigenvalue weighted by atomic mass is 32.2. The zero-order valence-electron chi connectivity index (χ0n) is 12.8. The minimum absolute atomic E-state index is 0.0666. The van der Waals surface area contributed by atoms with Gasteiger partial charge in [0.05, 0.1) is 17.5 Å². The van der Waals surface area contributed by atoms with Gasteiger partial charge in [0.1, 0.15) is 0 Å². The minimum atomic E-state index is -4.02. The van der Waals surface area contributed by atoms with Crippen LogP contribution in [0, 0.1) is 6.92 Å². The molecule has 1 aromatic carbocycles. The van der Waals surface area contributed by atoms with Crippen molar-refractivity contribution in [2.75, 3.05) is 6.54 Å². The molecule has 0 aromatic heterocycles. The van der Waals surface area contributed by atoms with E-state index in [0.29, 0.717) is 12.0 Å². The highest BCUT2D eigenvalue weighted by molar-refractivity contribution is 7.85. The maximum Gasteiger partial charge on any atom is 0.294 e. The monoisotopic (exact) mass is 336 g/mol. The summed E-state index contributed by atoms with van der Waals surface area (Å²) in [4.78, 5) is 10.1. The fourth-order valence-electron chi connectivity index (χ4n) is 1.72. The summed E-state index contributed by atoms with van der Waals surface area (Å²) in [5.74, 6) is 0.611. The molecule has 0 radical (unpaired) electrons. The first-order chi connectivity index (χ1) is 10.9. The average Bonchev–Trinajstić information content (AvgIpc) is 3.32. The number of rotatable bonds is 2. The van der Waals surface area contributed by atoms with Crippen LogP contribution in [-0.4, -0.2) is 42.6 Å². The summed E-state index contributed by atoms with van der Waals surface area (Å²) < 4.78 is 29.6. The lowest BCUT2D eigenvalue weighted by Crippen LogP contribution is -2.35. The standard InChI is InChI=1S/C8H12N4.C7H8O3S/c9-8(11-7-1-2-7)12-5-3-10-4-6-12;1-6-2-4-7(5-3-6)11(8,9)10/h3-5,7H,1-2,6H2,(H2,9,11);2-5H,1H3,(H,8,9,10). The van der Waals surface area contributed by atoms with Crippen molar-refractivity contribution in [1.29, 1.82) is 0 Å². The van der Waals surface area contributed by atoms with Crippen molar-refractivity contribution >= 4 is 22.3 Å². The van der Waals surface area contributed by atoms with E-state index in [4.69, 9.17) is 10.3 Å². The van der Waals surface area contributed by atoms with E-state index in [0.717, 1.165) is 12.1 Å². The Hall–Kier alpha value is -2.19. The van der Waals surface area contributed by atoms with Crippen molar-refractivity contribution in [2.24, 2.45) is 15.7 Å². The Bertz CT molecular complexity index is 720. The second-order valence-corrected chi connectivity index (χ2v) is 6.71. The maximum absolute atomic E-state index is 10.5. The summed E-state index contributed by atoms with van der Waals surface area (Å²) in [5, 5.41) is 0. The molecule has 0 atom stereocenters. The van der Waals surface area contributed by atoms with Crippen LogP contribution in [0.2, 0.25) is 0 Å². The molecule has 2 aliphatic rings. The van der Waals surface area contributed by atoms with Crippen LogP contribution in [0.15, 0.2) is 51.5 Å².